The Balaban J connectivity index is 1.76. The lowest BCUT2D eigenvalue weighted by Crippen LogP contribution is -2.55. The van der Waals surface area contributed by atoms with Gasteiger partial charge in [0.15, 0.2) is 23.0 Å². The van der Waals surface area contributed by atoms with Gasteiger partial charge < -0.3 is 14.7 Å². The first kappa shape index (κ1) is 23.0. The zero-order valence-corrected chi connectivity index (χ0v) is 19.6. The number of carbonyl (C=O) groups is 1. The van der Waals surface area contributed by atoms with Gasteiger partial charge in [-0.05, 0) is 36.8 Å². The van der Waals surface area contributed by atoms with Crippen molar-refractivity contribution in [3.05, 3.63) is 93.7 Å². The summed E-state index contributed by atoms with van der Waals surface area (Å²) in [5, 5.41) is 12.5. The van der Waals surface area contributed by atoms with E-state index in [1.54, 1.807) is 11.0 Å². The van der Waals surface area contributed by atoms with Gasteiger partial charge in [0.2, 0.25) is 5.43 Å². The highest BCUT2D eigenvalue weighted by molar-refractivity contribution is 5.96. The fourth-order valence-corrected chi connectivity index (χ4v) is 4.94. The summed E-state index contributed by atoms with van der Waals surface area (Å²) < 4.78 is 22.7. The molecule has 0 aliphatic carbocycles. The van der Waals surface area contributed by atoms with E-state index in [2.05, 4.69) is 6.92 Å². The van der Waals surface area contributed by atoms with Crippen molar-refractivity contribution in [2.45, 2.75) is 32.2 Å². The average Bonchev–Trinajstić information content (AvgIpc) is 2.86. The van der Waals surface area contributed by atoms with Gasteiger partial charge in [-0.2, -0.15) is 0 Å². The van der Waals surface area contributed by atoms with Crippen LogP contribution in [-0.2, 0) is 0 Å². The van der Waals surface area contributed by atoms with Crippen LogP contribution in [0.5, 0.6) is 11.5 Å². The van der Waals surface area contributed by atoms with E-state index in [0.29, 0.717) is 24.6 Å². The summed E-state index contributed by atoms with van der Waals surface area (Å²) in [6.07, 6.45) is 3.88. The van der Waals surface area contributed by atoms with Crippen LogP contribution in [0.3, 0.4) is 0 Å². The van der Waals surface area contributed by atoms with E-state index >= 15 is 4.39 Å². The first-order valence-electron chi connectivity index (χ1n) is 11.9. The molecule has 2 atom stereocenters. The predicted octanol–water partition coefficient (Wildman–Crippen LogP) is 4.03. The Hall–Kier alpha value is -3.81. The lowest BCUT2D eigenvalue weighted by Gasteiger charge is -2.44. The largest absolute Gasteiger partial charge is 0.502 e. The summed E-state index contributed by atoms with van der Waals surface area (Å²) in [6, 6.07) is 15.1. The second-order valence-electron chi connectivity index (χ2n) is 9.23. The van der Waals surface area contributed by atoms with Crippen molar-refractivity contribution in [1.29, 1.82) is 0 Å². The minimum atomic E-state index is -0.621. The number of nitrogens with zero attached hydrogens (tertiary/aromatic N) is 3. The Morgan fingerprint density at radius 3 is 2.63 bits per heavy atom. The Morgan fingerprint density at radius 1 is 1.03 bits per heavy atom. The third kappa shape index (κ3) is 4.24. The van der Waals surface area contributed by atoms with Gasteiger partial charge in [-0.3, -0.25) is 19.3 Å². The van der Waals surface area contributed by atoms with Gasteiger partial charge in [-0.1, -0.05) is 49.4 Å². The molecular formula is C27H28FN3O4. The third-order valence-electron chi connectivity index (χ3n) is 6.82. The standard InChI is InChI=1S/C27H28FN3O4/c1-18-7-6-14-29-17-31(30-15-12-22(32)25(33)24(30)27(29)34)23(19-8-3-2-4-9-19)20-10-5-11-21(28)26(20)35-16-13-18/h2-5,8-12,15,18,23,33H,6-7,13-14,16-17H2,1H3/t18?,23-/m1/s1. The van der Waals surface area contributed by atoms with E-state index in [1.165, 1.54) is 23.0 Å². The Kier molecular flexibility index (Phi) is 6.19. The van der Waals surface area contributed by atoms with Crippen molar-refractivity contribution in [2.75, 3.05) is 24.8 Å². The van der Waals surface area contributed by atoms with Gasteiger partial charge >= 0.3 is 0 Å². The van der Waals surface area contributed by atoms with E-state index in [9.17, 15) is 14.7 Å². The first-order valence-corrected chi connectivity index (χ1v) is 11.9. The summed E-state index contributed by atoms with van der Waals surface area (Å²) in [6.45, 7) is 3.16. The topological polar surface area (TPSA) is 75.0 Å². The number of hydrogen-bond acceptors (Lipinski definition) is 5. The normalized spacial score (nSPS) is 20.6. The molecule has 2 aliphatic rings. The number of ether oxygens (including phenoxy) is 1. The maximum Gasteiger partial charge on any atom is 0.277 e. The average molecular weight is 478 g/mol. The molecule has 2 bridgehead atoms. The molecule has 3 aromatic rings. The van der Waals surface area contributed by atoms with Gasteiger partial charge in [-0.15, -0.1) is 0 Å². The van der Waals surface area contributed by atoms with E-state index < -0.39 is 28.9 Å². The maximum absolute atomic E-state index is 15.2. The van der Waals surface area contributed by atoms with Gasteiger partial charge in [0.1, 0.15) is 12.7 Å². The molecular weight excluding hydrogens is 449 g/mol. The molecule has 5 rings (SSSR count). The molecule has 0 saturated carbocycles. The van der Waals surface area contributed by atoms with Crippen LogP contribution in [0.2, 0.25) is 0 Å². The molecule has 0 fully saturated rings. The molecule has 35 heavy (non-hydrogen) atoms. The van der Waals surface area contributed by atoms with Crippen molar-refractivity contribution < 1.29 is 19.0 Å². The van der Waals surface area contributed by atoms with Crippen molar-refractivity contribution >= 4 is 5.91 Å². The van der Waals surface area contributed by atoms with Crippen LogP contribution in [0.15, 0.2) is 65.6 Å². The van der Waals surface area contributed by atoms with Crippen molar-refractivity contribution in [2.24, 2.45) is 5.92 Å². The minimum absolute atomic E-state index is 0.0912. The van der Waals surface area contributed by atoms with Gasteiger partial charge in [-0.25, -0.2) is 4.39 Å². The molecule has 2 aromatic carbocycles. The fourth-order valence-electron chi connectivity index (χ4n) is 4.94. The highest BCUT2D eigenvalue weighted by Crippen LogP contribution is 2.38. The molecule has 2 aliphatic heterocycles. The molecule has 8 heteroatoms. The molecule has 1 amide bonds. The van der Waals surface area contributed by atoms with Crippen molar-refractivity contribution in [3.8, 4) is 11.5 Å². The quantitative estimate of drug-likeness (QED) is 0.573. The van der Waals surface area contributed by atoms with Gasteiger partial charge in [0, 0.05) is 24.4 Å². The van der Waals surface area contributed by atoms with Crippen LogP contribution >= 0.6 is 0 Å². The number of amides is 1. The summed E-state index contributed by atoms with van der Waals surface area (Å²) in [7, 11) is 0. The zero-order valence-electron chi connectivity index (χ0n) is 19.6. The Labute approximate surface area is 202 Å². The maximum atomic E-state index is 15.2. The lowest BCUT2D eigenvalue weighted by atomic mass is 9.96. The monoisotopic (exact) mass is 477 g/mol. The molecule has 1 N–H and O–H groups in total. The van der Waals surface area contributed by atoms with Crippen LogP contribution < -0.4 is 15.2 Å². The van der Waals surface area contributed by atoms with Crippen molar-refractivity contribution in [3.63, 3.8) is 0 Å². The van der Waals surface area contributed by atoms with Crippen LogP contribution in [0, 0.1) is 11.7 Å². The first-order chi connectivity index (χ1) is 17.0. The number of rotatable bonds is 1. The molecule has 1 aromatic heterocycles. The van der Waals surface area contributed by atoms with Crippen LogP contribution in [0.1, 0.15) is 53.8 Å². The van der Waals surface area contributed by atoms with E-state index in [4.69, 9.17) is 4.74 Å². The number of para-hydroxylation sites is 1. The molecule has 0 saturated heterocycles. The molecule has 7 nitrogen and oxygen atoms in total. The molecule has 0 radical (unpaired) electrons. The number of fused-ring (bicyclic) bond motifs is 5. The lowest BCUT2D eigenvalue weighted by molar-refractivity contribution is 0.0674. The molecule has 182 valence electrons. The number of pyridine rings is 1. The second kappa shape index (κ2) is 9.44. The number of benzene rings is 2. The fraction of sp³-hybridized carbons (Fsp3) is 0.333. The van der Waals surface area contributed by atoms with E-state index in [-0.39, 0.29) is 18.1 Å². The summed E-state index contributed by atoms with van der Waals surface area (Å²) in [4.78, 5) is 27.3. The number of halogens is 1. The van der Waals surface area contributed by atoms with Crippen LogP contribution in [0.25, 0.3) is 0 Å². The van der Waals surface area contributed by atoms with E-state index in [1.807, 2.05) is 41.4 Å². The van der Waals surface area contributed by atoms with Crippen LogP contribution in [0.4, 0.5) is 4.39 Å². The van der Waals surface area contributed by atoms with Gasteiger partial charge in [0.05, 0.1) is 6.61 Å². The van der Waals surface area contributed by atoms with E-state index in [0.717, 1.165) is 24.8 Å². The highest BCUT2D eigenvalue weighted by atomic mass is 19.1. The smallest absolute Gasteiger partial charge is 0.277 e. The van der Waals surface area contributed by atoms with Crippen LogP contribution in [-0.4, -0.2) is 40.4 Å². The molecule has 3 heterocycles. The second-order valence-corrected chi connectivity index (χ2v) is 9.23. The Bertz CT molecular complexity index is 1290. The third-order valence-corrected chi connectivity index (χ3v) is 6.82. The zero-order chi connectivity index (χ0) is 24.5. The number of aromatic hydroxyl groups is 1. The number of carbonyl (C=O) groups excluding carboxylic acids is 1. The van der Waals surface area contributed by atoms with Crippen molar-refractivity contribution in [1.82, 2.24) is 9.58 Å². The summed E-state index contributed by atoms with van der Waals surface area (Å²) >= 11 is 0. The van der Waals surface area contributed by atoms with Gasteiger partial charge in [0.25, 0.3) is 5.91 Å². The molecule has 1 unspecified atom stereocenters. The predicted molar refractivity (Wildman–Crippen MR) is 130 cm³/mol. The number of hydrogen-bond donors (Lipinski definition) is 1. The summed E-state index contributed by atoms with van der Waals surface area (Å²) in [5.41, 5.74) is 0.738. The Morgan fingerprint density at radius 2 is 1.83 bits per heavy atom. The highest BCUT2D eigenvalue weighted by Gasteiger charge is 2.37. The minimum Gasteiger partial charge on any atom is -0.502 e. The number of aromatic nitrogens is 1. The molecule has 0 spiro atoms. The summed E-state index contributed by atoms with van der Waals surface area (Å²) in [5.74, 6) is -0.953. The SMILES string of the molecule is CC1CCCN2CN([C@H](c3ccccc3)c3cccc(F)c3OCC1)n1ccc(=O)c(O)c1C2=O.